The standard InChI is InChI=1S/C40H42N6O3/c41-27-32-14-15-36(43-28-32)44-22-8-16-39(19-23-45(24-20-39)38(48)40(17-18-40)35-13-6-7-21-42-35)30-49-34-12-5-4-11-33(34)37(47)46(26-25-44)29-31-9-2-1-3-10-31/h1-7,9-15,21,28H,8,16-20,22-26,29-30H2. The number of benzene rings is 2. The molecule has 0 unspecified atom stereocenters. The van der Waals surface area contributed by atoms with E-state index in [1.807, 2.05) is 88.7 Å². The van der Waals surface area contributed by atoms with Crippen LogP contribution in [0.5, 0.6) is 5.75 Å². The lowest BCUT2D eigenvalue weighted by molar-refractivity contribution is -0.137. The van der Waals surface area contributed by atoms with Gasteiger partial charge >= 0.3 is 0 Å². The Labute approximate surface area is 288 Å². The van der Waals surface area contributed by atoms with Crippen LogP contribution >= 0.6 is 0 Å². The third-order valence-corrected chi connectivity index (χ3v) is 10.6. The summed E-state index contributed by atoms with van der Waals surface area (Å²) in [7, 11) is 0. The Kier molecular flexibility index (Phi) is 9.30. The molecule has 49 heavy (non-hydrogen) atoms. The summed E-state index contributed by atoms with van der Waals surface area (Å²) in [6.45, 7) is 4.10. The fourth-order valence-corrected chi connectivity index (χ4v) is 7.40. The van der Waals surface area contributed by atoms with Gasteiger partial charge in [-0.3, -0.25) is 14.6 Å². The number of nitrogens with zero attached hydrogens (tertiary/aromatic N) is 6. The first-order valence-corrected chi connectivity index (χ1v) is 17.4. The van der Waals surface area contributed by atoms with E-state index in [4.69, 9.17) is 4.74 Å². The molecule has 1 saturated heterocycles. The first-order chi connectivity index (χ1) is 24.0. The summed E-state index contributed by atoms with van der Waals surface area (Å²) in [5.74, 6) is 1.50. The number of rotatable bonds is 5. The number of likely N-dealkylation sites (tertiary alicyclic amines) is 1. The SMILES string of the molecule is N#Cc1ccc(N2CCCC3(CCN(C(=O)C4(c5ccccn5)CC4)CC3)COc3ccccc3C(=O)N(Cc3ccccc3)CC2)nc1. The van der Waals surface area contributed by atoms with Crippen LogP contribution in [0, 0.1) is 16.7 Å². The van der Waals surface area contributed by atoms with Gasteiger partial charge in [-0.1, -0.05) is 48.5 Å². The fourth-order valence-electron chi connectivity index (χ4n) is 7.40. The topological polar surface area (TPSA) is 103 Å². The van der Waals surface area contributed by atoms with Gasteiger partial charge in [-0.25, -0.2) is 4.98 Å². The zero-order valence-corrected chi connectivity index (χ0v) is 27.8. The molecule has 2 amide bonds. The third kappa shape index (κ3) is 7.00. The second-order valence-electron chi connectivity index (χ2n) is 13.7. The van der Waals surface area contributed by atoms with Crippen LogP contribution in [0.1, 0.15) is 65.7 Å². The molecule has 3 aliphatic rings. The monoisotopic (exact) mass is 654 g/mol. The summed E-state index contributed by atoms with van der Waals surface area (Å²) in [6.07, 6.45) is 8.53. The minimum atomic E-state index is -0.480. The quantitative estimate of drug-likeness (QED) is 0.260. The summed E-state index contributed by atoms with van der Waals surface area (Å²) in [5.41, 5.74) is 2.36. The van der Waals surface area contributed by atoms with Gasteiger partial charge in [0.05, 0.1) is 28.8 Å². The van der Waals surface area contributed by atoms with Crippen LogP contribution in [0.3, 0.4) is 0 Å². The van der Waals surface area contributed by atoms with Gasteiger partial charge in [0.15, 0.2) is 0 Å². The van der Waals surface area contributed by atoms with Gasteiger partial charge in [0.25, 0.3) is 5.91 Å². The Balaban J connectivity index is 1.15. The van der Waals surface area contributed by atoms with Crippen molar-refractivity contribution >= 4 is 17.6 Å². The maximum Gasteiger partial charge on any atom is 0.257 e. The number of carbonyl (C=O) groups excluding carboxylic acids is 2. The van der Waals surface area contributed by atoms with Gasteiger partial charge in [0.1, 0.15) is 17.6 Å². The second-order valence-corrected chi connectivity index (χ2v) is 13.7. The molecule has 2 fully saturated rings. The van der Waals surface area contributed by atoms with Crippen molar-refractivity contribution in [1.82, 2.24) is 19.8 Å². The molecular formula is C40H42N6O3. The number of nitriles is 1. The number of hydrogen-bond donors (Lipinski definition) is 0. The smallest absolute Gasteiger partial charge is 0.257 e. The summed E-state index contributed by atoms with van der Waals surface area (Å²) in [4.78, 5) is 43.5. The number of aromatic nitrogens is 2. The molecule has 250 valence electrons. The maximum absolute atomic E-state index is 14.3. The van der Waals surface area contributed by atoms with Gasteiger partial charge in [-0.2, -0.15) is 5.26 Å². The predicted molar refractivity (Wildman–Crippen MR) is 187 cm³/mol. The van der Waals surface area contributed by atoms with Crippen LogP contribution in [0.4, 0.5) is 5.82 Å². The van der Waals surface area contributed by atoms with Gasteiger partial charge in [0, 0.05) is 57.1 Å². The minimum absolute atomic E-state index is 0.0786. The highest BCUT2D eigenvalue weighted by Crippen LogP contribution is 2.50. The van der Waals surface area contributed by atoms with Gasteiger partial charge in [-0.15, -0.1) is 0 Å². The highest BCUT2D eigenvalue weighted by Gasteiger charge is 2.55. The average Bonchev–Trinajstić information content (AvgIpc) is 3.98. The molecule has 1 saturated carbocycles. The van der Waals surface area contributed by atoms with E-state index in [0.717, 1.165) is 62.1 Å². The van der Waals surface area contributed by atoms with Gasteiger partial charge < -0.3 is 19.4 Å². The number of fused-ring (bicyclic) bond motifs is 1. The Morgan fingerprint density at radius 2 is 1.59 bits per heavy atom. The van der Waals surface area contributed by atoms with E-state index in [-0.39, 0.29) is 17.2 Å². The molecule has 0 bridgehead atoms. The first-order valence-electron chi connectivity index (χ1n) is 17.4. The Bertz CT molecular complexity index is 1800. The molecule has 4 aromatic rings. The van der Waals surface area contributed by atoms with Crippen LogP contribution in [-0.2, 0) is 16.8 Å². The first kappa shape index (κ1) is 32.3. The van der Waals surface area contributed by atoms with Crippen LogP contribution in [0.15, 0.2) is 97.3 Å². The molecule has 0 atom stereocenters. The molecule has 9 nitrogen and oxygen atoms in total. The lowest BCUT2D eigenvalue weighted by Crippen LogP contribution is -2.49. The van der Waals surface area contributed by atoms with E-state index in [1.165, 1.54) is 0 Å². The molecular weight excluding hydrogens is 612 g/mol. The van der Waals surface area contributed by atoms with E-state index < -0.39 is 5.41 Å². The lowest BCUT2D eigenvalue weighted by atomic mass is 9.75. The molecule has 0 radical (unpaired) electrons. The molecule has 2 aliphatic heterocycles. The molecule has 7 rings (SSSR count). The van der Waals surface area contributed by atoms with E-state index in [1.54, 1.807) is 18.5 Å². The molecule has 2 aromatic carbocycles. The Morgan fingerprint density at radius 3 is 2.31 bits per heavy atom. The van der Waals surface area contributed by atoms with Crippen molar-refractivity contribution in [2.24, 2.45) is 5.41 Å². The minimum Gasteiger partial charge on any atom is -0.492 e. The molecule has 2 aromatic heterocycles. The van der Waals surface area contributed by atoms with Crippen molar-refractivity contribution in [1.29, 1.82) is 5.26 Å². The number of para-hydroxylation sites is 1. The number of pyridine rings is 2. The third-order valence-electron chi connectivity index (χ3n) is 10.6. The van der Waals surface area contributed by atoms with Crippen LogP contribution in [0.2, 0.25) is 0 Å². The summed E-state index contributed by atoms with van der Waals surface area (Å²) < 4.78 is 6.63. The van der Waals surface area contributed by atoms with E-state index >= 15 is 0 Å². The number of amides is 2. The number of anilines is 1. The normalized spacial score (nSPS) is 19.0. The summed E-state index contributed by atoms with van der Waals surface area (Å²) in [5, 5.41) is 9.37. The highest BCUT2D eigenvalue weighted by molar-refractivity contribution is 5.97. The van der Waals surface area contributed by atoms with Crippen molar-refractivity contribution in [3.8, 4) is 11.8 Å². The summed E-state index contributed by atoms with van der Waals surface area (Å²) in [6, 6.07) is 29.3. The predicted octanol–water partition coefficient (Wildman–Crippen LogP) is 6.01. The molecule has 0 N–H and O–H groups in total. The maximum atomic E-state index is 14.3. The van der Waals surface area contributed by atoms with Crippen LogP contribution in [0.25, 0.3) is 0 Å². The number of carbonyl (C=O) groups is 2. The Hall–Kier alpha value is -5.23. The van der Waals surface area contributed by atoms with Crippen molar-refractivity contribution in [2.45, 2.75) is 50.5 Å². The lowest BCUT2D eigenvalue weighted by Gasteiger charge is -2.43. The zero-order valence-electron chi connectivity index (χ0n) is 27.8. The average molecular weight is 655 g/mol. The summed E-state index contributed by atoms with van der Waals surface area (Å²) >= 11 is 0. The van der Waals surface area contributed by atoms with E-state index in [2.05, 4.69) is 20.9 Å². The molecule has 1 spiro atoms. The zero-order chi connectivity index (χ0) is 33.7. The van der Waals surface area contributed by atoms with Crippen molar-refractivity contribution in [3.63, 3.8) is 0 Å². The second kappa shape index (κ2) is 14.1. The number of piperidine rings is 1. The largest absolute Gasteiger partial charge is 0.492 e. The highest BCUT2D eigenvalue weighted by atomic mass is 16.5. The van der Waals surface area contributed by atoms with Gasteiger partial charge in [0.2, 0.25) is 5.91 Å². The number of ether oxygens (including phenoxy) is 1. The number of hydrogen-bond acceptors (Lipinski definition) is 7. The van der Waals surface area contributed by atoms with Crippen molar-refractivity contribution in [2.75, 3.05) is 44.2 Å². The van der Waals surface area contributed by atoms with E-state index in [9.17, 15) is 14.9 Å². The molecule has 1 aliphatic carbocycles. The van der Waals surface area contributed by atoms with E-state index in [0.29, 0.717) is 56.2 Å². The van der Waals surface area contributed by atoms with Crippen molar-refractivity contribution < 1.29 is 14.3 Å². The fraction of sp³-hybridized carbons (Fsp3) is 0.375. The van der Waals surface area contributed by atoms with Crippen LogP contribution < -0.4 is 9.64 Å². The molecule has 4 heterocycles. The molecule has 9 heteroatoms. The van der Waals surface area contributed by atoms with Gasteiger partial charge in [-0.05, 0) is 80.5 Å². The Morgan fingerprint density at radius 1 is 0.816 bits per heavy atom. The van der Waals surface area contributed by atoms with Crippen LogP contribution in [-0.4, -0.2) is 70.9 Å². The van der Waals surface area contributed by atoms with Crippen molar-refractivity contribution in [3.05, 3.63) is 120 Å².